The van der Waals surface area contributed by atoms with E-state index in [1.54, 1.807) is 6.92 Å². The fraction of sp³-hybridized carbons (Fsp3) is 0.0769. The molecule has 0 bridgehead atoms. The Bertz CT molecular complexity index is 807. The molecule has 0 saturated carbocycles. The summed E-state index contributed by atoms with van der Waals surface area (Å²) < 4.78 is 65.6. The number of hydrogen-bond acceptors (Lipinski definition) is 3. The molecule has 0 aliphatic rings. The van der Waals surface area contributed by atoms with Crippen molar-refractivity contribution in [1.29, 1.82) is 0 Å². The number of benzene rings is 2. The van der Waals surface area contributed by atoms with Crippen molar-refractivity contribution in [1.82, 2.24) is 0 Å². The summed E-state index contributed by atoms with van der Waals surface area (Å²) in [5, 5.41) is 0. The molecule has 0 radical (unpaired) electrons. The molecule has 0 aromatic heterocycles. The van der Waals surface area contributed by atoms with E-state index in [-0.39, 0.29) is 5.69 Å². The van der Waals surface area contributed by atoms with Crippen LogP contribution in [0.25, 0.3) is 0 Å². The number of rotatable bonds is 3. The number of hydrogen-bond donors (Lipinski definition) is 2. The van der Waals surface area contributed by atoms with Gasteiger partial charge in [-0.25, -0.2) is 21.6 Å². The van der Waals surface area contributed by atoms with Gasteiger partial charge in [0.05, 0.1) is 0 Å². The second-order valence-corrected chi connectivity index (χ2v) is 6.00. The van der Waals surface area contributed by atoms with Gasteiger partial charge in [-0.2, -0.15) is 0 Å². The SMILES string of the molecule is Cc1cc(NS(=O)(=O)c2ccc(F)c(F)c2F)ccc1N. The lowest BCUT2D eigenvalue weighted by Crippen LogP contribution is -2.16. The molecule has 2 rings (SSSR count). The van der Waals surface area contributed by atoms with E-state index < -0.39 is 32.4 Å². The number of aryl methyl sites for hydroxylation is 1. The summed E-state index contributed by atoms with van der Waals surface area (Å²) in [6.45, 7) is 1.66. The van der Waals surface area contributed by atoms with E-state index in [0.29, 0.717) is 23.4 Å². The standard InChI is InChI=1S/C13H11F3N2O2S/c1-7-6-8(2-4-10(7)17)18-21(19,20)11-5-3-9(14)12(15)13(11)16/h2-6,18H,17H2,1H3. The summed E-state index contributed by atoms with van der Waals surface area (Å²) in [7, 11) is -4.39. The minimum atomic E-state index is -4.39. The van der Waals surface area contributed by atoms with Gasteiger partial charge in [0.1, 0.15) is 4.90 Å². The quantitative estimate of drug-likeness (QED) is 0.675. The third kappa shape index (κ3) is 2.94. The first kappa shape index (κ1) is 15.2. The summed E-state index contributed by atoms with van der Waals surface area (Å²) in [6.07, 6.45) is 0. The molecule has 0 heterocycles. The summed E-state index contributed by atoms with van der Waals surface area (Å²) in [4.78, 5) is -0.976. The average Bonchev–Trinajstić information content (AvgIpc) is 2.39. The highest BCUT2D eigenvalue weighted by Crippen LogP contribution is 2.24. The summed E-state index contributed by atoms with van der Waals surface area (Å²) >= 11 is 0. The van der Waals surface area contributed by atoms with Crippen LogP contribution in [-0.4, -0.2) is 8.42 Å². The molecule has 0 unspecified atom stereocenters. The fourth-order valence-corrected chi connectivity index (χ4v) is 2.79. The van der Waals surface area contributed by atoms with E-state index in [0.717, 1.165) is 0 Å². The van der Waals surface area contributed by atoms with Crippen LogP contribution in [-0.2, 0) is 10.0 Å². The van der Waals surface area contributed by atoms with Gasteiger partial charge in [0, 0.05) is 11.4 Å². The zero-order chi connectivity index (χ0) is 15.8. The molecular formula is C13H11F3N2O2S. The maximum Gasteiger partial charge on any atom is 0.264 e. The van der Waals surface area contributed by atoms with Gasteiger partial charge in [-0.3, -0.25) is 4.72 Å². The summed E-state index contributed by atoms with van der Waals surface area (Å²) in [6, 6.07) is 5.47. The Morgan fingerprint density at radius 2 is 1.71 bits per heavy atom. The summed E-state index contributed by atoms with van der Waals surface area (Å²) in [5.74, 6) is -5.07. The first-order valence-corrected chi connectivity index (χ1v) is 7.23. The van der Waals surface area contributed by atoms with E-state index in [4.69, 9.17) is 5.73 Å². The van der Waals surface area contributed by atoms with Gasteiger partial charge in [-0.05, 0) is 42.8 Å². The normalized spacial score (nSPS) is 11.4. The smallest absolute Gasteiger partial charge is 0.264 e. The van der Waals surface area contributed by atoms with Crippen molar-refractivity contribution < 1.29 is 21.6 Å². The molecule has 0 fully saturated rings. The third-order valence-corrected chi connectivity index (χ3v) is 4.21. The minimum Gasteiger partial charge on any atom is -0.399 e. The van der Waals surface area contributed by atoms with Crippen molar-refractivity contribution in [2.24, 2.45) is 0 Å². The van der Waals surface area contributed by atoms with Crippen LogP contribution in [0.2, 0.25) is 0 Å². The maximum absolute atomic E-state index is 13.6. The van der Waals surface area contributed by atoms with E-state index >= 15 is 0 Å². The van der Waals surface area contributed by atoms with Crippen LogP contribution in [0.15, 0.2) is 35.2 Å². The third-order valence-electron chi connectivity index (χ3n) is 2.81. The van der Waals surface area contributed by atoms with Crippen LogP contribution in [0.1, 0.15) is 5.56 Å². The molecule has 112 valence electrons. The number of nitrogens with two attached hydrogens (primary N) is 1. The van der Waals surface area contributed by atoms with Crippen LogP contribution in [0.3, 0.4) is 0 Å². The molecule has 0 spiro atoms. The molecule has 2 aromatic rings. The Kier molecular flexibility index (Phi) is 3.82. The fourth-order valence-electron chi connectivity index (χ4n) is 1.67. The van der Waals surface area contributed by atoms with Crippen LogP contribution in [0.4, 0.5) is 24.5 Å². The number of nitrogen functional groups attached to an aromatic ring is 1. The Hall–Kier alpha value is -2.22. The number of sulfonamides is 1. The van der Waals surface area contributed by atoms with Crippen molar-refractivity contribution in [2.75, 3.05) is 10.5 Å². The van der Waals surface area contributed by atoms with Gasteiger partial charge in [0.2, 0.25) is 0 Å². The number of anilines is 2. The van der Waals surface area contributed by atoms with Crippen LogP contribution >= 0.6 is 0 Å². The highest BCUT2D eigenvalue weighted by Gasteiger charge is 2.24. The average molecular weight is 316 g/mol. The molecule has 0 atom stereocenters. The predicted molar refractivity (Wildman–Crippen MR) is 72.7 cm³/mol. The zero-order valence-corrected chi connectivity index (χ0v) is 11.6. The highest BCUT2D eigenvalue weighted by molar-refractivity contribution is 7.92. The van der Waals surface area contributed by atoms with Crippen LogP contribution < -0.4 is 10.5 Å². The lowest BCUT2D eigenvalue weighted by Gasteiger charge is -2.10. The molecule has 0 amide bonds. The van der Waals surface area contributed by atoms with Crippen molar-refractivity contribution >= 4 is 21.4 Å². The Morgan fingerprint density at radius 1 is 1.05 bits per heavy atom. The maximum atomic E-state index is 13.6. The van der Waals surface area contributed by atoms with Gasteiger partial charge in [0.15, 0.2) is 17.5 Å². The molecule has 0 saturated heterocycles. The highest BCUT2D eigenvalue weighted by atomic mass is 32.2. The molecule has 0 aliphatic heterocycles. The number of nitrogens with one attached hydrogen (secondary N) is 1. The summed E-state index contributed by atoms with van der Waals surface area (Å²) in [5.41, 5.74) is 6.79. The van der Waals surface area contributed by atoms with Crippen molar-refractivity contribution in [2.45, 2.75) is 11.8 Å². The van der Waals surface area contributed by atoms with Gasteiger partial charge in [-0.1, -0.05) is 0 Å². The van der Waals surface area contributed by atoms with E-state index in [1.165, 1.54) is 18.2 Å². The van der Waals surface area contributed by atoms with Gasteiger partial charge >= 0.3 is 0 Å². The van der Waals surface area contributed by atoms with E-state index in [9.17, 15) is 21.6 Å². The largest absolute Gasteiger partial charge is 0.399 e. The molecule has 0 aliphatic carbocycles. The first-order valence-electron chi connectivity index (χ1n) is 5.75. The Balaban J connectivity index is 2.43. The molecule has 21 heavy (non-hydrogen) atoms. The van der Waals surface area contributed by atoms with Gasteiger partial charge < -0.3 is 5.73 Å². The van der Waals surface area contributed by atoms with E-state index in [1.807, 2.05) is 0 Å². The van der Waals surface area contributed by atoms with E-state index in [2.05, 4.69) is 4.72 Å². The molecule has 4 nitrogen and oxygen atoms in total. The lowest BCUT2D eigenvalue weighted by atomic mass is 10.2. The Labute approximate surface area is 119 Å². The minimum absolute atomic E-state index is 0.130. The van der Waals surface area contributed by atoms with Gasteiger partial charge in [-0.15, -0.1) is 0 Å². The lowest BCUT2D eigenvalue weighted by molar-refractivity contribution is 0.432. The van der Waals surface area contributed by atoms with Crippen molar-refractivity contribution in [3.8, 4) is 0 Å². The number of halogens is 3. The topological polar surface area (TPSA) is 72.2 Å². The van der Waals surface area contributed by atoms with Crippen LogP contribution in [0.5, 0.6) is 0 Å². The Morgan fingerprint density at radius 3 is 2.33 bits per heavy atom. The first-order chi connectivity index (χ1) is 9.72. The van der Waals surface area contributed by atoms with Crippen LogP contribution in [0, 0.1) is 24.4 Å². The monoisotopic (exact) mass is 316 g/mol. The van der Waals surface area contributed by atoms with Crippen molar-refractivity contribution in [3.63, 3.8) is 0 Å². The predicted octanol–water partition coefficient (Wildman–Crippen LogP) is 2.80. The second-order valence-electron chi connectivity index (χ2n) is 4.35. The second kappa shape index (κ2) is 5.28. The molecule has 8 heteroatoms. The van der Waals surface area contributed by atoms with Gasteiger partial charge in [0.25, 0.3) is 10.0 Å². The molecule has 3 N–H and O–H groups in total. The molecule has 2 aromatic carbocycles. The zero-order valence-electron chi connectivity index (χ0n) is 10.8. The van der Waals surface area contributed by atoms with Crippen molar-refractivity contribution in [3.05, 3.63) is 53.3 Å². The molecular weight excluding hydrogens is 305 g/mol.